The van der Waals surface area contributed by atoms with Crippen LogP contribution in [0.2, 0.25) is 0 Å². The second kappa shape index (κ2) is 8.49. The highest BCUT2D eigenvalue weighted by Crippen LogP contribution is 2.33. The molecule has 2 bridgehead atoms. The molecule has 0 aromatic heterocycles. The largest absolute Gasteiger partial charge is 0.339 e. The predicted molar refractivity (Wildman–Crippen MR) is 106 cm³/mol. The van der Waals surface area contributed by atoms with Crippen molar-refractivity contribution in [1.29, 1.82) is 5.26 Å². The number of hydrogen-bond donors (Lipinski definition) is 2. The second-order valence-electron chi connectivity index (χ2n) is 8.10. The van der Waals surface area contributed by atoms with Gasteiger partial charge in [0.05, 0.1) is 12.1 Å². The highest BCUT2D eigenvalue weighted by atomic mass is 19.2. The molecule has 2 saturated heterocycles. The van der Waals surface area contributed by atoms with E-state index in [1.54, 1.807) is 24.3 Å². The van der Waals surface area contributed by atoms with Crippen LogP contribution >= 0.6 is 0 Å². The topological polar surface area (TPSA) is 64.9 Å². The molecule has 30 heavy (non-hydrogen) atoms. The Hall–Kier alpha value is -2.85. The van der Waals surface area contributed by atoms with Crippen molar-refractivity contribution in [2.75, 3.05) is 0 Å². The summed E-state index contributed by atoms with van der Waals surface area (Å²) in [5, 5.41) is 15.7. The van der Waals surface area contributed by atoms with Gasteiger partial charge in [0.1, 0.15) is 6.04 Å². The summed E-state index contributed by atoms with van der Waals surface area (Å²) < 4.78 is 40.1. The van der Waals surface area contributed by atoms with Gasteiger partial charge in [-0.05, 0) is 60.4 Å². The molecular formula is C23H22F3N3O. The van der Waals surface area contributed by atoms with Gasteiger partial charge in [0.25, 0.3) is 0 Å². The number of nitrogens with zero attached hydrogens (tertiary/aromatic N) is 1. The van der Waals surface area contributed by atoms with Gasteiger partial charge in [-0.15, -0.1) is 0 Å². The summed E-state index contributed by atoms with van der Waals surface area (Å²) in [6, 6.07) is 10.3. The number of carbonyl (C=O) groups is 1. The standard InChI is InChI=1S/C23H22F3N3O/c24-19-10-16(11-20(25)21(19)26)14-3-1-13(2-4-14)9-18(12-27)29-23(30)22-15-5-7-17(28-22)8-6-15/h1-4,10-11,15,17-18,22,28H,5-9H2,(H,29,30)/t15?,17?,18-,22-/m0/s1. The van der Waals surface area contributed by atoms with E-state index in [4.69, 9.17) is 0 Å². The van der Waals surface area contributed by atoms with Crippen LogP contribution in [0.3, 0.4) is 0 Å². The van der Waals surface area contributed by atoms with E-state index in [-0.39, 0.29) is 17.5 Å². The van der Waals surface area contributed by atoms with Crippen molar-refractivity contribution in [2.45, 2.75) is 50.2 Å². The average molecular weight is 413 g/mol. The van der Waals surface area contributed by atoms with Crippen molar-refractivity contribution in [3.05, 3.63) is 59.4 Å². The van der Waals surface area contributed by atoms with Crippen molar-refractivity contribution < 1.29 is 18.0 Å². The number of nitrogens with one attached hydrogen (secondary N) is 2. The van der Waals surface area contributed by atoms with Crippen LogP contribution in [0, 0.1) is 34.7 Å². The molecule has 1 aliphatic carbocycles. The minimum Gasteiger partial charge on any atom is -0.339 e. The lowest BCUT2D eigenvalue weighted by Gasteiger charge is -2.42. The number of carbonyl (C=O) groups excluding carboxylic acids is 1. The number of rotatable bonds is 5. The molecule has 1 amide bonds. The number of fused-ring (bicyclic) bond motifs is 3. The third kappa shape index (κ3) is 4.19. The number of nitriles is 1. The third-order valence-electron chi connectivity index (χ3n) is 6.12. The van der Waals surface area contributed by atoms with Crippen molar-refractivity contribution >= 4 is 5.91 Å². The smallest absolute Gasteiger partial charge is 0.238 e. The van der Waals surface area contributed by atoms with Gasteiger partial charge < -0.3 is 10.6 Å². The van der Waals surface area contributed by atoms with E-state index in [0.717, 1.165) is 43.4 Å². The summed E-state index contributed by atoms with van der Waals surface area (Å²) in [7, 11) is 0. The molecule has 7 heteroatoms. The number of amides is 1. The first-order valence-corrected chi connectivity index (χ1v) is 10.1. The Labute approximate surface area is 173 Å². The molecular weight excluding hydrogens is 391 g/mol. The van der Waals surface area contributed by atoms with Gasteiger partial charge in [0, 0.05) is 12.5 Å². The minimum absolute atomic E-state index is 0.134. The molecule has 2 aromatic carbocycles. The monoisotopic (exact) mass is 413 g/mol. The molecule has 2 aromatic rings. The van der Waals surface area contributed by atoms with Crippen LogP contribution in [0.15, 0.2) is 36.4 Å². The Morgan fingerprint density at radius 3 is 2.23 bits per heavy atom. The fourth-order valence-electron chi connectivity index (χ4n) is 4.48. The summed E-state index contributed by atoms with van der Waals surface area (Å²) in [5.74, 6) is -3.80. The normalized spacial score (nSPS) is 23.6. The molecule has 0 spiro atoms. The summed E-state index contributed by atoms with van der Waals surface area (Å²) in [4.78, 5) is 12.7. The van der Waals surface area contributed by atoms with Gasteiger partial charge >= 0.3 is 0 Å². The maximum Gasteiger partial charge on any atom is 0.238 e. The van der Waals surface area contributed by atoms with Crippen LogP contribution in [-0.2, 0) is 11.2 Å². The highest BCUT2D eigenvalue weighted by Gasteiger charge is 2.39. The van der Waals surface area contributed by atoms with Crippen LogP contribution in [0.5, 0.6) is 0 Å². The Morgan fingerprint density at radius 2 is 1.70 bits per heavy atom. The zero-order valence-electron chi connectivity index (χ0n) is 16.3. The molecule has 3 fully saturated rings. The van der Waals surface area contributed by atoms with Crippen molar-refractivity contribution in [2.24, 2.45) is 5.92 Å². The summed E-state index contributed by atoms with van der Waals surface area (Å²) in [6.45, 7) is 0. The summed E-state index contributed by atoms with van der Waals surface area (Å²) >= 11 is 0. The van der Waals surface area contributed by atoms with Gasteiger partial charge in [-0.3, -0.25) is 4.79 Å². The molecule has 1 saturated carbocycles. The first-order chi connectivity index (χ1) is 14.4. The van der Waals surface area contributed by atoms with Gasteiger partial charge in [-0.1, -0.05) is 24.3 Å². The van der Waals surface area contributed by atoms with Crippen LogP contribution in [0.4, 0.5) is 13.2 Å². The van der Waals surface area contributed by atoms with E-state index in [0.29, 0.717) is 23.9 Å². The Balaban J connectivity index is 1.40. The molecule has 0 unspecified atom stereocenters. The number of benzene rings is 2. The molecule has 3 aliphatic rings. The van der Waals surface area contributed by atoms with E-state index >= 15 is 0 Å². The molecule has 2 N–H and O–H groups in total. The fraction of sp³-hybridized carbons (Fsp3) is 0.391. The Kier molecular flexibility index (Phi) is 5.78. The summed E-state index contributed by atoms with van der Waals surface area (Å²) in [5.41, 5.74) is 1.55. The molecule has 0 radical (unpaired) electrons. The zero-order chi connectivity index (χ0) is 21.3. The number of halogens is 3. The lowest BCUT2D eigenvalue weighted by Crippen LogP contribution is -2.59. The van der Waals surface area contributed by atoms with Crippen molar-refractivity contribution in [3.63, 3.8) is 0 Å². The number of hydrogen-bond acceptors (Lipinski definition) is 3. The maximum absolute atomic E-state index is 13.5. The molecule has 2 heterocycles. The lowest BCUT2D eigenvalue weighted by molar-refractivity contribution is -0.127. The van der Waals surface area contributed by atoms with E-state index in [1.165, 1.54) is 0 Å². The second-order valence-corrected chi connectivity index (χ2v) is 8.10. The van der Waals surface area contributed by atoms with Crippen LogP contribution < -0.4 is 10.6 Å². The number of piperidine rings is 2. The first-order valence-electron chi connectivity index (χ1n) is 10.1. The quantitative estimate of drug-likeness (QED) is 0.732. The fourth-order valence-corrected chi connectivity index (χ4v) is 4.48. The van der Waals surface area contributed by atoms with Crippen molar-refractivity contribution in [3.8, 4) is 17.2 Å². The highest BCUT2D eigenvalue weighted by molar-refractivity contribution is 5.83. The predicted octanol–water partition coefficient (Wildman–Crippen LogP) is 3.85. The van der Waals surface area contributed by atoms with E-state index in [1.807, 2.05) is 0 Å². The van der Waals surface area contributed by atoms with Crippen molar-refractivity contribution in [1.82, 2.24) is 10.6 Å². The Bertz CT molecular complexity index is 955. The molecule has 5 rings (SSSR count). The van der Waals surface area contributed by atoms with Crippen LogP contribution in [0.25, 0.3) is 11.1 Å². The molecule has 2 aliphatic heterocycles. The lowest BCUT2D eigenvalue weighted by atomic mass is 9.76. The summed E-state index contributed by atoms with van der Waals surface area (Å²) in [6.07, 6.45) is 4.60. The van der Waals surface area contributed by atoms with E-state index in [2.05, 4.69) is 16.7 Å². The van der Waals surface area contributed by atoms with Gasteiger partial charge in [-0.25, -0.2) is 13.2 Å². The minimum atomic E-state index is -1.50. The molecule has 2 atom stereocenters. The van der Waals surface area contributed by atoms with E-state index in [9.17, 15) is 23.2 Å². The zero-order valence-corrected chi connectivity index (χ0v) is 16.3. The molecule has 156 valence electrons. The SMILES string of the molecule is N#C[C@H](Cc1ccc(-c2cc(F)c(F)c(F)c2)cc1)NC(=O)[C@H]1NC2CCC1CC2. The average Bonchev–Trinajstić information content (AvgIpc) is 2.77. The Morgan fingerprint density at radius 1 is 1.07 bits per heavy atom. The maximum atomic E-state index is 13.5. The van der Waals surface area contributed by atoms with E-state index < -0.39 is 23.5 Å². The van der Waals surface area contributed by atoms with Gasteiger partial charge in [0.2, 0.25) is 5.91 Å². The van der Waals surface area contributed by atoms with Crippen LogP contribution in [0.1, 0.15) is 31.2 Å². The van der Waals surface area contributed by atoms with Crippen LogP contribution in [-0.4, -0.2) is 24.0 Å². The third-order valence-corrected chi connectivity index (χ3v) is 6.12. The molecule has 4 nitrogen and oxygen atoms in total. The first kappa shape index (κ1) is 20.4. The van der Waals surface area contributed by atoms with Gasteiger partial charge in [0.15, 0.2) is 17.5 Å². The van der Waals surface area contributed by atoms with Gasteiger partial charge in [-0.2, -0.15) is 5.26 Å².